The zero-order chi connectivity index (χ0) is 10.9. The molecule has 0 aliphatic carbocycles. The molecular weight excluding hydrogens is 211 g/mol. The molecule has 0 spiro atoms. The van der Waals surface area contributed by atoms with Gasteiger partial charge in [0, 0.05) is 17.1 Å². The highest BCUT2D eigenvalue weighted by molar-refractivity contribution is 5.80. The minimum atomic E-state index is -4.80. The van der Waals surface area contributed by atoms with Gasteiger partial charge in [-0.2, -0.15) is 0 Å². The number of hydrogen-bond donors (Lipinski definition) is 1. The lowest BCUT2D eigenvalue weighted by Crippen LogP contribution is -2.15. The molecule has 3 nitrogen and oxygen atoms in total. The number of aromatic amines is 1. The molecule has 0 aliphatic heterocycles. The van der Waals surface area contributed by atoms with Gasteiger partial charge in [0.15, 0.2) is 5.75 Å². The lowest BCUT2D eigenvalue weighted by Gasteiger charge is -2.06. The highest BCUT2D eigenvalue weighted by Gasteiger charge is 2.32. The Kier molecular flexibility index (Phi) is 2.28. The van der Waals surface area contributed by atoms with Crippen LogP contribution in [0.5, 0.6) is 5.75 Å². The Labute approximate surface area is 82.3 Å². The number of nitrogens with one attached hydrogen (secondary N) is 1. The van der Waals surface area contributed by atoms with Gasteiger partial charge in [0.2, 0.25) is 0 Å². The molecule has 2 rings (SSSR count). The molecule has 2 aromatic rings. The maximum atomic E-state index is 11.6. The van der Waals surface area contributed by atoms with Crippen molar-refractivity contribution in [1.82, 2.24) is 4.98 Å². The smallest absolute Gasteiger partial charge is 0.361 e. The van der Waals surface area contributed by atoms with Gasteiger partial charge in [0.05, 0.1) is 0 Å². The van der Waals surface area contributed by atoms with Crippen molar-refractivity contribution in [2.45, 2.75) is 6.36 Å². The van der Waals surface area contributed by atoms with Gasteiger partial charge >= 0.3 is 6.36 Å². The highest BCUT2D eigenvalue weighted by Crippen LogP contribution is 2.23. The maximum Gasteiger partial charge on any atom is 0.558 e. The van der Waals surface area contributed by atoms with Crippen molar-refractivity contribution in [2.24, 2.45) is 0 Å². The number of halogens is 3. The fraction of sp³-hybridized carbons (Fsp3) is 0.111. The molecule has 0 aliphatic rings. The van der Waals surface area contributed by atoms with Crippen LogP contribution in [0.25, 0.3) is 10.9 Å². The van der Waals surface area contributed by atoms with E-state index in [-0.39, 0.29) is 5.75 Å². The van der Waals surface area contributed by atoms with E-state index < -0.39 is 6.36 Å². The van der Waals surface area contributed by atoms with Crippen LogP contribution in [0, 0.1) is 0 Å². The Morgan fingerprint density at radius 3 is 2.67 bits per heavy atom. The summed E-state index contributed by atoms with van der Waals surface area (Å²) in [4.78, 5) is 10.2. The molecule has 0 fully saturated rings. The fourth-order valence-electron chi connectivity index (χ4n) is 1.18. The van der Waals surface area contributed by atoms with Gasteiger partial charge in [-0.05, 0) is 24.3 Å². The van der Waals surface area contributed by atoms with Gasteiger partial charge in [-0.3, -0.25) is 0 Å². The standard InChI is InChI=1S/C9H6F3NO2/c10-9(11,12)15-14-7-1-2-8-6(5-7)3-4-13-8/h1-5,13H. The molecule has 15 heavy (non-hydrogen) atoms. The second-order valence-electron chi connectivity index (χ2n) is 2.84. The van der Waals surface area contributed by atoms with E-state index in [9.17, 15) is 13.2 Å². The molecule has 0 bridgehead atoms. The molecule has 1 N–H and O–H groups in total. The molecule has 0 saturated heterocycles. The lowest BCUT2D eigenvalue weighted by atomic mass is 10.2. The van der Waals surface area contributed by atoms with Crippen LogP contribution in [-0.2, 0) is 4.89 Å². The minimum Gasteiger partial charge on any atom is -0.361 e. The first-order valence-corrected chi connectivity index (χ1v) is 4.04. The molecule has 0 amide bonds. The van der Waals surface area contributed by atoms with Crippen LogP contribution < -0.4 is 4.89 Å². The number of aromatic nitrogens is 1. The molecule has 1 aromatic carbocycles. The van der Waals surface area contributed by atoms with Crippen molar-refractivity contribution >= 4 is 10.9 Å². The molecular formula is C9H6F3NO2. The third-order valence-corrected chi connectivity index (χ3v) is 1.76. The highest BCUT2D eigenvalue weighted by atomic mass is 19.4. The topological polar surface area (TPSA) is 34.2 Å². The predicted octanol–water partition coefficient (Wildman–Crippen LogP) is 3.00. The number of fused-ring (bicyclic) bond motifs is 1. The van der Waals surface area contributed by atoms with Crippen molar-refractivity contribution in [3.8, 4) is 5.75 Å². The summed E-state index contributed by atoms with van der Waals surface area (Å²) in [6.07, 6.45) is -3.12. The van der Waals surface area contributed by atoms with Crippen LogP contribution >= 0.6 is 0 Å². The van der Waals surface area contributed by atoms with Crippen LogP contribution in [0.2, 0.25) is 0 Å². The van der Waals surface area contributed by atoms with E-state index in [0.717, 1.165) is 10.9 Å². The zero-order valence-electron chi connectivity index (χ0n) is 7.34. The Hall–Kier alpha value is -1.69. The average Bonchev–Trinajstić information content (AvgIpc) is 2.60. The van der Waals surface area contributed by atoms with Crippen LogP contribution in [0.1, 0.15) is 0 Å². The van der Waals surface area contributed by atoms with Crippen molar-refractivity contribution in [1.29, 1.82) is 0 Å². The summed E-state index contributed by atoms with van der Waals surface area (Å²) in [5.41, 5.74) is 0.814. The fourth-order valence-corrected chi connectivity index (χ4v) is 1.18. The monoisotopic (exact) mass is 217 g/mol. The van der Waals surface area contributed by atoms with E-state index >= 15 is 0 Å². The third-order valence-electron chi connectivity index (χ3n) is 1.76. The molecule has 80 valence electrons. The van der Waals surface area contributed by atoms with E-state index in [1.807, 2.05) is 0 Å². The predicted molar refractivity (Wildman–Crippen MR) is 46.1 cm³/mol. The summed E-state index contributed by atoms with van der Waals surface area (Å²) < 4.78 is 34.9. The Bertz CT molecular complexity index is 464. The lowest BCUT2D eigenvalue weighted by molar-refractivity contribution is -0.444. The quantitative estimate of drug-likeness (QED) is 0.619. The summed E-state index contributed by atoms with van der Waals surface area (Å²) in [5, 5.41) is 0.748. The maximum absolute atomic E-state index is 11.6. The van der Waals surface area contributed by atoms with Gasteiger partial charge < -0.3 is 9.87 Å². The first kappa shape index (κ1) is 9.85. The van der Waals surface area contributed by atoms with Crippen LogP contribution in [-0.4, -0.2) is 11.3 Å². The number of H-pyrrole nitrogens is 1. The molecule has 1 heterocycles. The molecule has 0 unspecified atom stereocenters. The van der Waals surface area contributed by atoms with Crippen molar-refractivity contribution in [3.05, 3.63) is 30.5 Å². The van der Waals surface area contributed by atoms with Crippen molar-refractivity contribution in [2.75, 3.05) is 0 Å². The van der Waals surface area contributed by atoms with Gasteiger partial charge in [0.1, 0.15) is 0 Å². The first-order valence-electron chi connectivity index (χ1n) is 4.04. The SMILES string of the molecule is FC(F)(F)OOc1ccc2[nH]ccc2c1. The van der Waals surface area contributed by atoms with Gasteiger partial charge in [-0.25, -0.2) is 0 Å². The molecule has 1 aromatic heterocycles. The largest absolute Gasteiger partial charge is 0.558 e. The summed E-state index contributed by atoms with van der Waals surface area (Å²) in [5.74, 6) is -0.000532. The Morgan fingerprint density at radius 1 is 1.13 bits per heavy atom. The summed E-state index contributed by atoms with van der Waals surface area (Å²) >= 11 is 0. The number of rotatable bonds is 2. The molecule has 0 radical (unpaired) electrons. The Morgan fingerprint density at radius 2 is 1.93 bits per heavy atom. The Balaban J connectivity index is 2.15. The number of alkyl halides is 3. The third kappa shape index (κ3) is 2.41. The molecule has 0 saturated carbocycles. The summed E-state index contributed by atoms with van der Waals surface area (Å²) in [6.45, 7) is 0. The van der Waals surface area contributed by atoms with E-state index in [1.54, 1.807) is 18.3 Å². The van der Waals surface area contributed by atoms with Crippen molar-refractivity contribution < 1.29 is 22.9 Å². The summed E-state index contributed by atoms with van der Waals surface area (Å²) in [6, 6.07) is 6.14. The molecule has 6 heteroatoms. The van der Waals surface area contributed by atoms with Crippen LogP contribution in [0.4, 0.5) is 13.2 Å². The van der Waals surface area contributed by atoms with E-state index in [2.05, 4.69) is 14.8 Å². The van der Waals surface area contributed by atoms with Crippen molar-refractivity contribution in [3.63, 3.8) is 0 Å². The van der Waals surface area contributed by atoms with Crippen LogP contribution in [0.15, 0.2) is 30.5 Å². The van der Waals surface area contributed by atoms with Crippen LogP contribution in [0.3, 0.4) is 0 Å². The van der Waals surface area contributed by atoms with E-state index in [4.69, 9.17) is 0 Å². The number of benzene rings is 1. The molecule has 0 atom stereocenters. The van der Waals surface area contributed by atoms with E-state index in [1.165, 1.54) is 12.1 Å². The zero-order valence-corrected chi connectivity index (χ0v) is 7.34. The second kappa shape index (κ2) is 3.47. The number of hydrogen-bond acceptors (Lipinski definition) is 2. The second-order valence-corrected chi connectivity index (χ2v) is 2.84. The summed E-state index contributed by atoms with van der Waals surface area (Å²) in [7, 11) is 0. The van der Waals surface area contributed by atoms with Gasteiger partial charge in [0.25, 0.3) is 0 Å². The average molecular weight is 217 g/mol. The van der Waals surface area contributed by atoms with Gasteiger partial charge in [-0.1, -0.05) is 4.89 Å². The first-order chi connectivity index (χ1) is 7.04. The van der Waals surface area contributed by atoms with Gasteiger partial charge in [-0.15, -0.1) is 13.2 Å². The van der Waals surface area contributed by atoms with E-state index in [0.29, 0.717) is 0 Å². The minimum absolute atomic E-state index is 0.000532. The normalized spacial score (nSPS) is 11.9.